The summed E-state index contributed by atoms with van der Waals surface area (Å²) in [5.41, 5.74) is 2.61. The maximum atomic E-state index is 9.62. The Hall–Kier alpha value is -0.510. The van der Waals surface area contributed by atoms with Crippen LogP contribution in [0.1, 0.15) is 43.2 Å². The van der Waals surface area contributed by atoms with E-state index in [1.807, 2.05) is 18.8 Å². The molecule has 2 fully saturated rings. The summed E-state index contributed by atoms with van der Waals surface area (Å²) >= 11 is 1.98. The fourth-order valence-electron chi connectivity index (χ4n) is 3.96. The third kappa shape index (κ3) is 7.39. The van der Waals surface area contributed by atoms with Crippen molar-refractivity contribution in [2.75, 3.05) is 26.4 Å². The van der Waals surface area contributed by atoms with Gasteiger partial charge in [0.2, 0.25) is 0 Å². The molecule has 1 heterocycles. The quantitative estimate of drug-likeness (QED) is 0.307. The molecule has 0 spiro atoms. The lowest BCUT2D eigenvalue weighted by Crippen LogP contribution is -2.42. The molecule has 3 N–H and O–H groups in total. The fourth-order valence-corrected chi connectivity index (χ4v) is 4.75. The predicted octanol–water partition coefficient (Wildman–Crippen LogP) is 3.21. The summed E-state index contributed by atoms with van der Waals surface area (Å²) in [6.45, 7) is 3.74. The second kappa shape index (κ2) is 12.2. The van der Waals surface area contributed by atoms with Crippen molar-refractivity contribution in [3.8, 4) is 0 Å². The van der Waals surface area contributed by atoms with E-state index in [-0.39, 0.29) is 30.1 Å². The van der Waals surface area contributed by atoms with Crippen LogP contribution >= 0.6 is 35.7 Å². The Kier molecular flexibility index (Phi) is 10.4. The molecule has 7 heteroatoms. The number of halogens is 1. The summed E-state index contributed by atoms with van der Waals surface area (Å²) in [6.07, 6.45) is 7.65. The van der Waals surface area contributed by atoms with E-state index in [1.165, 1.54) is 30.4 Å². The summed E-state index contributed by atoms with van der Waals surface area (Å²) in [5.74, 6) is 0.901. The molecule has 2 unspecified atom stereocenters. The molecule has 2 aliphatic rings. The molecule has 1 aliphatic carbocycles. The van der Waals surface area contributed by atoms with Crippen LogP contribution in [0, 0.1) is 0 Å². The number of aliphatic hydroxyl groups is 1. The Bertz CT molecular complexity index is 605. The average Bonchev–Trinajstić information content (AvgIpc) is 3.15. The molecule has 0 radical (unpaired) electrons. The number of guanidine groups is 1. The first-order valence-electron chi connectivity index (χ1n) is 10.1. The fraction of sp³-hybridized carbons (Fsp3) is 0.667. The van der Waals surface area contributed by atoms with E-state index >= 15 is 0 Å². The highest BCUT2D eigenvalue weighted by atomic mass is 127. The largest absolute Gasteiger partial charge is 0.393 e. The molecule has 1 aromatic carbocycles. The number of aliphatic hydroxyl groups excluding tert-OH is 1. The Morgan fingerprint density at radius 2 is 1.82 bits per heavy atom. The number of rotatable bonds is 6. The first kappa shape index (κ1) is 23.8. The molecule has 0 amide bonds. The van der Waals surface area contributed by atoms with E-state index in [1.54, 1.807) is 0 Å². The van der Waals surface area contributed by atoms with E-state index < -0.39 is 0 Å². The number of hydrogen-bond acceptors (Lipinski definition) is 4. The predicted molar refractivity (Wildman–Crippen MR) is 131 cm³/mol. The number of likely N-dealkylation sites (tertiary alicyclic amines) is 1. The van der Waals surface area contributed by atoms with Gasteiger partial charge in [-0.25, -0.2) is 0 Å². The second-order valence-electron chi connectivity index (χ2n) is 7.76. The Morgan fingerprint density at radius 3 is 2.43 bits per heavy atom. The van der Waals surface area contributed by atoms with Gasteiger partial charge in [-0.3, -0.25) is 9.89 Å². The molecule has 3 rings (SSSR count). The van der Waals surface area contributed by atoms with Crippen molar-refractivity contribution in [3.63, 3.8) is 0 Å². The van der Waals surface area contributed by atoms with Gasteiger partial charge in [-0.1, -0.05) is 24.3 Å². The first-order valence-corrected chi connectivity index (χ1v) is 11.4. The molecule has 1 aliphatic heterocycles. The number of nitrogens with one attached hydrogen (secondary N) is 2. The lowest BCUT2D eigenvalue weighted by Gasteiger charge is -2.29. The summed E-state index contributed by atoms with van der Waals surface area (Å²) in [7, 11) is 1.84. The number of piperidine rings is 1. The van der Waals surface area contributed by atoms with Gasteiger partial charge >= 0.3 is 0 Å². The van der Waals surface area contributed by atoms with Crippen molar-refractivity contribution in [3.05, 3.63) is 35.4 Å². The van der Waals surface area contributed by atoms with Crippen LogP contribution in [0.15, 0.2) is 29.3 Å². The first-order chi connectivity index (χ1) is 13.2. The van der Waals surface area contributed by atoms with Gasteiger partial charge < -0.3 is 15.7 Å². The highest BCUT2D eigenvalue weighted by Gasteiger charge is 2.24. The van der Waals surface area contributed by atoms with E-state index in [2.05, 4.69) is 51.0 Å². The van der Waals surface area contributed by atoms with Crippen molar-refractivity contribution in [2.45, 2.75) is 62.6 Å². The van der Waals surface area contributed by atoms with Gasteiger partial charge in [0.1, 0.15) is 0 Å². The maximum Gasteiger partial charge on any atom is 0.191 e. The van der Waals surface area contributed by atoms with Crippen molar-refractivity contribution >= 4 is 41.7 Å². The summed E-state index contributed by atoms with van der Waals surface area (Å²) in [4.78, 5) is 6.80. The zero-order chi connectivity index (χ0) is 19.1. The van der Waals surface area contributed by atoms with E-state index in [4.69, 9.17) is 0 Å². The van der Waals surface area contributed by atoms with Crippen LogP contribution in [0.25, 0.3) is 0 Å². The highest BCUT2D eigenvalue weighted by Crippen LogP contribution is 2.28. The van der Waals surface area contributed by atoms with Gasteiger partial charge in [-0.15, -0.1) is 24.0 Å². The highest BCUT2D eigenvalue weighted by molar-refractivity contribution is 14.0. The number of benzene rings is 1. The topological polar surface area (TPSA) is 59.9 Å². The van der Waals surface area contributed by atoms with Gasteiger partial charge in [0.15, 0.2) is 5.96 Å². The zero-order valence-electron chi connectivity index (χ0n) is 17.1. The number of hydrogen-bond donors (Lipinski definition) is 3. The van der Waals surface area contributed by atoms with Crippen LogP contribution in [0.3, 0.4) is 0 Å². The third-order valence-corrected chi connectivity index (χ3v) is 6.82. The Morgan fingerprint density at radius 1 is 1.14 bits per heavy atom. The standard InChI is InChI=1S/C21H34N4OS.HI/c1-22-21(24-18-7-8-20(13-18)27-2)23-14-16-3-5-17(6-4-16)15-25-11-9-19(26)10-12-25;/h3-6,18-20,26H,7-15H2,1-2H3,(H2,22,23,24);1H. The average molecular weight is 519 g/mol. The van der Waals surface area contributed by atoms with Crippen molar-refractivity contribution in [2.24, 2.45) is 4.99 Å². The SMILES string of the molecule is CN=C(NCc1ccc(CN2CCC(O)CC2)cc1)NC1CCC(SC)C1.I. The lowest BCUT2D eigenvalue weighted by molar-refractivity contribution is 0.0792. The summed E-state index contributed by atoms with van der Waals surface area (Å²) in [5, 5.41) is 17.4. The normalized spacial score (nSPS) is 24.0. The molecular formula is C21H35IN4OS. The second-order valence-corrected chi connectivity index (χ2v) is 8.90. The monoisotopic (exact) mass is 518 g/mol. The molecule has 1 aromatic rings. The number of nitrogens with zero attached hydrogens (tertiary/aromatic N) is 2. The van der Waals surface area contributed by atoms with Crippen LogP contribution in [0.5, 0.6) is 0 Å². The molecule has 28 heavy (non-hydrogen) atoms. The van der Waals surface area contributed by atoms with Crippen molar-refractivity contribution < 1.29 is 5.11 Å². The van der Waals surface area contributed by atoms with Gasteiger partial charge in [0.05, 0.1) is 6.10 Å². The maximum absolute atomic E-state index is 9.62. The van der Waals surface area contributed by atoms with Crippen LogP contribution in [0.2, 0.25) is 0 Å². The van der Waals surface area contributed by atoms with Gasteiger partial charge in [-0.05, 0) is 49.5 Å². The minimum absolute atomic E-state index is 0. The van der Waals surface area contributed by atoms with Crippen molar-refractivity contribution in [1.29, 1.82) is 0 Å². The van der Waals surface area contributed by atoms with Gasteiger partial charge in [0, 0.05) is 44.5 Å². The van der Waals surface area contributed by atoms with Crippen LogP contribution in [-0.2, 0) is 13.1 Å². The molecule has 2 atom stereocenters. The smallest absolute Gasteiger partial charge is 0.191 e. The Labute approximate surface area is 191 Å². The van der Waals surface area contributed by atoms with Crippen LogP contribution in [-0.4, -0.2) is 59.8 Å². The van der Waals surface area contributed by atoms with E-state index in [0.29, 0.717) is 6.04 Å². The molecule has 5 nitrogen and oxygen atoms in total. The molecule has 158 valence electrons. The van der Waals surface area contributed by atoms with E-state index in [0.717, 1.165) is 50.2 Å². The molecular weight excluding hydrogens is 483 g/mol. The summed E-state index contributed by atoms with van der Waals surface area (Å²) in [6, 6.07) is 9.39. The van der Waals surface area contributed by atoms with Crippen LogP contribution < -0.4 is 10.6 Å². The zero-order valence-corrected chi connectivity index (χ0v) is 20.2. The molecule has 0 bridgehead atoms. The van der Waals surface area contributed by atoms with E-state index in [9.17, 15) is 5.11 Å². The minimum Gasteiger partial charge on any atom is -0.393 e. The third-order valence-electron chi connectivity index (χ3n) is 5.73. The lowest BCUT2D eigenvalue weighted by atomic mass is 10.1. The van der Waals surface area contributed by atoms with Gasteiger partial charge in [-0.2, -0.15) is 11.8 Å². The minimum atomic E-state index is -0.103. The van der Waals surface area contributed by atoms with Gasteiger partial charge in [0.25, 0.3) is 0 Å². The molecule has 0 aromatic heterocycles. The Balaban J connectivity index is 0.00000280. The van der Waals surface area contributed by atoms with Crippen molar-refractivity contribution in [1.82, 2.24) is 15.5 Å². The number of thioether (sulfide) groups is 1. The summed E-state index contributed by atoms with van der Waals surface area (Å²) < 4.78 is 0. The molecule has 1 saturated carbocycles. The van der Waals surface area contributed by atoms with Crippen LogP contribution in [0.4, 0.5) is 0 Å². The molecule has 1 saturated heterocycles. The number of aliphatic imine (C=N–C) groups is 1.